The van der Waals surface area contributed by atoms with Crippen LogP contribution in [0.3, 0.4) is 0 Å². The van der Waals surface area contributed by atoms with E-state index in [2.05, 4.69) is 9.64 Å². The number of fused-ring (bicyclic) bond motifs is 1. The third-order valence-corrected chi connectivity index (χ3v) is 5.85. The summed E-state index contributed by atoms with van der Waals surface area (Å²) in [4.78, 5) is 28.6. The Morgan fingerprint density at radius 3 is 2.31 bits per heavy atom. The highest BCUT2D eigenvalue weighted by molar-refractivity contribution is 6.21. The van der Waals surface area contributed by atoms with Gasteiger partial charge in [-0.1, -0.05) is 18.2 Å². The molecule has 0 radical (unpaired) electrons. The van der Waals surface area contributed by atoms with Crippen LogP contribution in [0.4, 0.5) is 8.78 Å². The molecule has 0 atom stereocenters. The zero-order chi connectivity index (χ0) is 22.7. The van der Waals surface area contributed by atoms with Gasteiger partial charge in [-0.3, -0.25) is 19.4 Å². The third kappa shape index (κ3) is 4.91. The first-order chi connectivity index (χ1) is 15.5. The van der Waals surface area contributed by atoms with E-state index in [0.717, 1.165) is 37.8 Å². The van der Waals surface area contributed by atoms with Crippen LogP contribution in [0.1, 0.15) is 52.0 Å². The number of amides is 2. The average Bonchev–Trinajstić information content (AvgIpc) is 3.60. The molecule has 2 aromatic carbocycles. The molecule has 32 heavy (non-hydrogen) atoms. The van der Waals surface area contributed by atoms with E-state index in [1.54, 1.807) is 36.4 Å². The van der Waals surface area contributed by atoms with Crippen LogP contribution in [0.25, 0.3) is 0 Å². The molecule has 0 unspecified atom stereocenters. The molecule has 0 aromatic heterocycles. The monoisotopic (exact) mass is 444 g/mol. The number of rotatable bonds is 11. The number of halogens is 2. The molecule has 1 fully saturated rings. The number of nitrogens with zero attached hydrogens (tertiary/aromatic N) is 2. The molecule has 170 valence electrons. The van der Waals surface area contributed by atoms with Crippen molar-refractivity contribution >= 4 is 11.8 Å². The van der Waals surface area contributed by atoms with Gasteiger partial charge in [-0.05, 0) is 62.1 Å². The van der Waals surface area contributed by atoms with Crippen molar-refractivity contribution in [2.45, 2.75) is 44.9 Å². The number of unbranched alkanes of at least 4 members (excludes halogenated alkanes) is 1. The minimum absolute atomic E-state index is 0.0187. The molecule has 0 N–H and O–H groups in total. The quantitative estimate of drug-likeness (QED) is 0.381. The number of imide groups is 1. The van der Waals surface area contributed by atoms with E-state index < -0.39 is 6.61 Å². The molecule has 4 rings (SSSR count). The molecule has 2 aromatic rings. The standard InChI is InChI=1S/C24H26F2N2O4/c1-31-21-14-16(8-11-20(21)32-24(25)26)15-27(17-9-10-17)12-4-5-13-28-22(29)18-6-2-3-7-19(18)23(28)30/h2-3,6-8,11,14,17,24H,4-5,9-10,12-13,15H2,1H3. The minimum Gasteiger partial charge on any atom is -0.493 e. The van der Waals surface area contributed by atoms with Crippen LogP contribution < -0.4 is 9.47 Å². The van der Waals surface area contributed by atoms with Crippen molar-refractivity contribution in [2.24, 2.45) is 0 Å². The molecule has 0 spiro atoms. The lowest BCUT2D eigenvalue weighted by Gasteiger charge is -2.23. The Labute approximate surface area is 185 Å². The minimum atomic E-state index is -2.90. The fourth-order valence-electron chi connectivity index (χ4n) is 4.10. The molecule has 1 saturated carbocycles. The van der Waals surface area contributed by atoms with Crippen LogP contribution in [-0.4, -0.2) is 54.5 Å². The second kappa shape index (κ2) is 9.65. The summed E-state index contributed by atoms with van der Waals surface area (Å²) in [7, 11) is 1.43. The first-order valence-corrected chi connectivity index (χ1v) is 10.8. The summed E-state index contributed by atoms with van der Waals surface area (Å²) in [6.45, 7) is -1.01. The maximum atomic E-state index is 12.5. The number of ether oxygens (including phenoxy) is 2. The second-order valence-electron chi connectivity index (χ2n) is 8.08. The summed E-state index contributed by atoms with van der Waals surface area (Å²) in [5.74, 6) is -0.139. The van der Waals surface area contributed by atoms with Crippen LogP contribution in [-0.2, 0) is 6.54 Å². The zero-order valence-electron chi connectivity index (χ0n) is 17.9. The molecule has 1 aliphatic heterocycles. The van der Waals surface area contributed by atoms with Crippen LogP contribution in [0.2, 0.25) is 0 Å². The van der Waals surface area contributed by atoms with E-state index in [4.69, 9.17) is 4.74 Å². The maximum Gasteiger partial charge on any atom is 0.387 e. The van der Waals surface area contributed by atoms with Crippen molar-refractivity contribution in [3.05, 3.63) is 59.2 Å². The third-order valence-electron chi connectivity index (χ3n) is 5.85. The molecule has 2 aliphatic rings. The van der Waals surface area contributed by atoms with Gasteiger partial charge in [0.05, 0.1) is 18.2 Å². The van der Waals surface area contributed by atoms with Crippen LogP contribution in [0.15, 0.2) is 42.5 Å². The fourth-order valence-corrected chi connectivity index (χ4v) is 4.10. The Hall–Kier alpha value is -3.00. The topological polar surface area (TPSA) is 59.1 Å². The smallest absolute Gasteiger partial charge is 0.387 e. The molecule has 0 saturated heterocycles. The van der Waals surface area contributed by atoms with Gasteiger partial charge in [-0.15, -0.1) is 0 Å². The Morgan fingerprint density at radius 1 is 1.03 bits per heavy atom. The van der Waals surface area contributed by atoms with Crippen molar-refractivity contribution in [1.29, 1.82) is 0 Å². The lowest BCUT2D eigenvalue weighted by Crippen LogP contribution is -2.32. The summed E-state index contributed by atoms with van der Waals surface area (Å²) >= 11 is 0. The number of hydrogen-bond acceptors (Lipinski definition) is 5. The van der Waals surface area contributed by atoms with Gasteiger partial charge in [0.1, 0.15) is 0 Å². The number of hydrogen-bond donors (Lipinski definition) is 0. The molecular formula is C24H26F2N2O4. The second-order valence-corrected chi connectivity index (χ2v) is 8.08. The molecule has 1 aliphatic carbocycles. The van der Waals surface area contributed by atoms with E-state index >= 15 is 0 Å². The molecule has 6 nitrogen and oxygen atoms in total. The van der Waals surface area contributed by atoms with Crippen LogP contribution >= 0.6 is 0 Å². The Kier molecular flexibility index (Phi) is 6.69. The van der Waals surface area contributed by atoms with Gasteiger partial charge in [0.2, 0.25) is 0 Å². The van der Waals surface area contributed by atoms with E-state index in [1.165, 1.54) is 18.1 Å². The molecule has 2 amide bonds. The molecule has 1 heterocycles. The van der Waals surface area contributed by atoms with Gasteiger partial charge in [-0.25, -0.2) is 0 Å². The van der Waals surface area contributed by atoms with Gasteiger partial charge in [0, 0.05) is 19.1 Å². The number of benzene rings is 2. The highest BCUT2D eigenvalue weighted by Gasteiger charge is 2.34. The number of alkyl halides is 2. The van der Waals surface area contributed by atoms with Gasteiger partial charge < -0.3 is 9.47 Å². The Morgan fingerprint density at radius 2 is 1.72 bits per heavy atom. The van der Waals surface area contributed by atoms with Crippen molar-refractivity contribution in [1.82, 2.24) is 9.80 Å². The summed E-state index contributed by atoms with van der Waals surface area (Å²) in [6.07, 6.45) is 3.82. The lowest BCUT2D eigenvalue weighted by molar-refractivity contribution is -0.0512. The van der Waals surface area contributed by atoms with Crippen molar-refractivity contribution in [3.8, 4) is 11.5 Å². The summed E-state index contributed by atoms with van der Waals surface area (Å²) in [5, 5.41) is 0. The molecule has 0 bridgehead atoms. The Bertz CT molecular complexity index is 959. The zero-order valence-corrected chi connectivity index (χ0v) is 17.9. The van der Waals surface area contributed by atoms with E-state index in [-0.39, 0.29) is 23.3 Å². The normalized spacial score (nSPS) is 15.6. The first-order valence-electron chi connectivity index (χ1n) is 10.8. The average molecular weight is 444 g/mol. The number of methoxy groups -OCH3 is 1. The number of carbonyl (C=O) groups excluding carboxylic acids is 2. The van der Waals surface area contributed by atoms with Crippen molar-refractivity contribution in [3.63, 3.8) is 0 Å². The number of carbonyl (C=O) groups is 2. The Balaban J connectivity index is 1.31. The summed E-state index contributed by atoms with van der Waals surface area (Å²) in [6, 6.07) is 12.4. The van der Waals surface area contributed by atoms with Gasteiger partial charge in [0.15, 0.2) is 11.5 Å². The van der Waals surface area contributed by atoms with Gasteiger partial charge >= 0.3 is 6.61 Å². The largest absolute Gasteiger partial charge is 0.493 e. The highest BCUT2D eigenvalue weighted by Crippen LogP contribution is 2.33. The maximum absolute atomic E-state index is 12.5. The van der Waals surface area contributed by atoms with Gasteiger partial charge in [-0.2, -0.15) is 8.78 Å². The van der Waals surface area contributed by atoms with Crippen LogP contribution in [0, 0.1) is 0 Å². The van der Waals surface area contributed by atoms with Crippen LogP contribution in [0.5, 0.6) is 11.5 Å². The highest BCUT2D eigenvalue weighted by atomic mass is 19.3. The lowest BCUT2D eigenvalue weighted by atomic mass is 10.1. The molecule has 8 heteroatoms. The van der Waals surface area contributed by atoms with Gasteiger partial charge in [0.25, 0.3) is 11.8 Å². The summed E-state index contributed by atoms with van der Waals surface area (Å²) in [5.41, 5.74) is 1.91. The van der Waals surface area contributed by atoms with Crippen molar-refractivity contribution < 1.29 is 27.8 Å². The predicted molar refractivity (Wildman–Crippen MR) is 114 cm³/mol. The van der Waals surface area contributed by atoms with E-state index in [9.17, 15) is 18.4 Å². The van der Waals surface area contributed by atoms with E-state index in [0.29, 0.717) is 30.3 Å². The SMILES string of the molecule is COc1cc(CN(CCCCN2C(=O)c3ccccc3C2=O)C2CC2)ccc1OC(F)F. The first kappa shape index (κ1) is 22.2. The summed E-state index contributed by atoms with van der Waals surface area (Å²) < 4.78 is 34.8. The fraction of sp³-hybridized carbons (Fsp3) is 0.417. The molecular weight excluding hydrogens is 418 g/mol. The predicted octanol–water partition coefficient (Wildman–Crippen LogP) is 4.34. The van der Waals surface area contributed by atoms with E-state index in [1.807, 2.05) is 0 Å². The van der Waals surface area contributed by atoms with Crippen molar-refractivity contribution in [2.75, 3.05) is 20.2 Å².